The summed E-state index contributed by atoms with van der Waals surface area (Å²) in [6.07, 6.45) is 5.35. The van der Waals surface area contributed by atoms with E-state index in [0.29, 0.717) is 6.42 Å². The normalized spacial score (nSPS) is 9.50. The van der Waals surface area contributed by atoms with Crippen LogP contribution in [0.3, 0.4) is 0 Å². The fraction of sp³-hybridized carbons (Fsp3) is 0.700. The maximum absolute atomic E-state index is 11.3. The lowest BCUT2D eigenvalue weighted by molar-refractivity contribution is -0.128. The van der Waals surface area contributed by atoms with E-state index in [-0.39, 0.29) is 5.91 Å². The van der Waals surface area contributed by atoms with Crippen molar-refractivity contribution in [3.05, 3.63) is 12.8 Å². The minimum Gasteiger partial charge on any atom is -0.320 e. The van der Waals surface area contributed by atoms with Crippen LogP contribution in [0.4, 0.5) is 0 Å². The van der Waals surface area contributed by atoms with Crippen molar-refractivity contribution in [2.75, 3.05) is 6.54 Å². The third-order valence-electron chi connectivity index (χ3n) is 1.76. The standard InChI is InChI=1S/C10H19NO/c1-4-7-9-11(6-3)10(12)8-5-2/h6H,3-5,7-9H2,1-2H3. The highest BCUT2D eigenvalue weighted by Gasteiger charge is 2.06. The van der Waals surface area contributed by atoms with Crippen molar-refractivity contribution in [3.8, 4) is 0 Å². The lowest BCUT2D eigenvalue weighted by Gasteiger charge is -2.16. The number of hydrogen-bond donors (Lipinski definition) is 0. The molecule has 0 aliphatic rings. The van der Waals surface area contributed by atoms with Crippen molar-refractivity contribution in [1.82, 2.24) is 4.90 Å². The van der Waals surface area contributed by atoms with Crippen LogP contribution < -0.4 is 0 Å². The monoisotopic (exact) mass is 169 g/mol. The summed E-state index contributed by atoms with van der Waals surface area (Å²) in [6.45, 7) is 8.57. The predicted octanol–water partition coefficient (Wildman–Crippen LogP) is 2.56. The molecule has 0 aromatic heterocycles. The van der Waals surface area contributed by atoms with Gasteiger partial charge in [-0.05, 0) is 19.0 Å². The van der Waals surface area contributed by atoms with Gasteiger partial charge in [-0.2, -0.15) is 0 Å². The van der Waals surface area contributed by atoms with E-state index in [1.807, 2.05) is 6.92 Å². The molecule has 0 atom stereocenters. The number of amides is 1. The Kier molecular flexibility index (Phi) is 6.44. The van der Waals surface area contributed by atoms with Gasteiger partial charge in [0.15, 0.2) is 0 Å². The Hall–Kier alpha value is -0.790. The molecule has 70 valence electrons. The molecular weight excluding hydrogens is 150 g/mol. The third kappa shape index (κ3) is 4.16. The number of carbonyl (C=O) groups is 1. The lowest BCUT2D eigenvalue weighted by Crippen LogP contribution is -2.25. The Balaban J connectivity index is 3.79. The first-order valence-electron chi connectivity index (χ1n) is 4.68. The van der Waals surface area contributed by atoms with Gasteiger partial charge in [0.05, 0.1) is 0 Å². The van der Waals surface area contributed by atoms with E-state index in [2.05, 4.69) is 13.5 Å². The highest BCUT2D eigenvalue weighted by Crippen LogP contribution is 2.00. The summed E-state index contributed by atoms with van der Waals surface area (Å²) < 4.78 is 0. The zero-order chi connectivity index (χ0) is 9.40. The van der Waals surface area contributed by atoms with Crippen molar-refractivity contribution in [2.24, 2.45) is 0 Å². The number of rotatable bonds is 6. The summed E-state index contributed by atoms with van der Waals surface area (Å²) in [5.74, 6) is 0.195. The second-order valence-electron chi connectivity index (χ2n) is 2.87. The second-order valence-corrected chi connectivity index (χ2v) is 2.87. The van der Waals surface area contributed by atoms with E-state index in [1.54, 1.807) is 11.1 Å². The number of unbranched alkanes of at least 4 members (excludes halogenated alkanes) is 1. The average Bonchev–Trinajstić information content (AvgIpc) is 2.06. The van der Waals surface area contributed by atoms with E-state index in [9.17, 15) is 4.79 Å². The summed E-state index contributed by atoms with van der Waals surface area (Å²) >= 11 is 0. The number of hydrogen-bond acceptors (Lipinski definition) is 1. The predicted molar refractivity (Wildman–Crippen MR) is 51.7 cm³/mol. The topological polar surface area (TPSA) is 20.3 Å². The molecule has 0 saturated carbocycles. The molecule has 0 spiro atoms. The number of nitrogens with zero attached hydrogens (tertiary/aromatic N) is 1. The molecular formula is C10H19NO. The maximum atomic E-state index is 11.3. The molecule has 2 heteroatoms. The molecule has 12 heavy (non-hydrogen) atoms. The van der Waals surface area contributed by atoms with Crippen molar-refractivity contribution in [3.63, 3.8) is 0 Å². The largest absolute Gasteiger partial charge is 0.320 e. The molecule has 0 bridgehead atoms. The van der Waals surface area contributed by atoms with E-state index < -0.39 is 0 Å². The molecule has 0 N–H and O–H groups in total. The smallest absolute Gasteiger partial charge is 0.226 e. The van der Waals surface area contributed by atoms with E-state index in [0.717, 1.165) is 25.8 Å². The van der Waals surface area contributed by atoms with Gasteiger partial charge in [0.2, 0.25) is 5.91 Å². The third-order valence-corrected chi connectivity index (χ3v) is 1.76. The minimum absolute atomic E-state index is 0.195. The zero-order valence-corrected chi connectivity index (χ0v) is 8.18. The Morgan fingerprint density at radius 1 is 1.42 bits per heavy atom. The van der Waals surface area contributed by atoms with Crippen LogP contribution in [-0.4, -0.2) is 17.4 Å². The van der Waals surface area contributed by atoms with Crippen LogP contribution in [-0.2, 0) is 4.79 Å². The SMILES string of the molecule is C=CN(CCCC)C(=O)CCC. The molecule has 0 aromatic carbocycles. The molecule has 0 rings (SSSR count). The molecule has 1 amide bonds. The van der Waals surface area contributed by atoms with Crippen LogP contribution in [0.2, 0.25) is 0 Å². The first-order valence-corrected chi connectivity index (χ1v) is 4.68. The minimum atomic E-state index is 0.195. The summed E-state index contributed by atoms with van der Waals surface area (Å²) in [5.41, 5.74) is 0. The Bertz CT molecular complexity index is 143. The molecule has 2 nitrogen and oxygen atoms in total. The summed E-state index contributed by atoms with van der Waals surface area (Å²) in [5, 5.41) is 0. The first kappa shape index (κ1) is 11.2. The van der Waals surface area contributed by atoms with Gasteiger partial charge in [0.1, 0.15) is 0 Å². The van der Waals surface area contributed by atoms with Gasteiger partial charge in [0.25, 0.3) is 0 Å². The first-order chi connectivity index (χ1) is 5.76. The van der Waals surface area contributed by atoms with Gasteiger partial charge in [-0.25, -0.2) is 0 Å². The summed E-state index contributed by atoms with van der Waals surface area (Å²) in [4.78, 5) is 13.1. The summed E-state index contributed by atoms with van der Waals surface area (Å²) in [6, 6.07) is 0. The average molecular weight is 169 g/mol. The highest BCUT2D eigenvalue weighted by atomic mass is 16.2. The van der Waals surface area contributed by atoms with Crippen molar-refractivity contribution >= 4 is 5.91 Å². The second kappa shape index (κ2) is 6.89. The van der Waals surface area contributed by atoms with Crippen LogP contribution in [0, 0.1) is 0 Å². The van der Waals surface area contributed by atoms with E-state index in [4.69, 9.17) is 0 Å². The van der Waals surface area contributed by atoms with Gasteiger partial charge in [0, 0.05) is 13.0 Å². The fourth-order valence-corrected chi connectivity index (χ4v) is 1.00. The molecule has 0 aromatic rings. The van der Waals surface area contributed by atoms with Crippen LogP contribution in [0.25, 0.3) is 0 Å². The molecule has 0 unspecified atom stereocenters. The molecule has 0 heterocycles. The molecule has 0 fully saturated rings. The van der Waals surface area contributed by atoms with Crippen LogP contribution in [0.1, 0.15) is 39.5 Å². The zero-order valence-electron chi connectivity index (χ0n) is 8.18. The van der Waals surface area contributed by atoms with Gasteiger partial charge >= 0.3 is 0 Å². The van der Waals surface area contributed by atoms with Gasteiger partial charge in [-0.1, -0.05) is 26.8 Å². The van der Waals surface area contributed by atoms with Crippen molar-refractivity contribution in [2.45, 2.75) is 39.5 Å². The molecule has 0 aliphatic heterocycles. The fourth-order valence-electron chi connectivity index (χ4n) is 1.00. The van der Waals surface area contributed by atoms with Crippen LogP contribution in [0.5, 0.6) is 0 Å². The van der Waals surface area contributed by atoms with Crippen LogP contribution >= 0.6 is 0 Å². The van der Waals surface area contributed by atoms with Gasteiger partial charge in [-0.3, -0.25) is 4.79 Å². The molecule has 0 radical (unpaired) electrons. The quantitative estimate of drug-likeness (QED) is 0.598. The van der Waals surface area contributed by atoms with E-state index in [1.165, 1.54) is 0 Å². The summed E-state index contributed by atoms with van der Waals surface area (Å²) in [7, 11) is 0. The lowest BCUT2D eigenvalue weighted by atomic mass is 10.2. The Morgan fingerprint density at radius 2 is 2.08 bits per heavy atom. The van der Waals surface area contributed by atoms with Gasteiger partial charge in [-0.15, -0.1) is 0 Å². The Labute approximate surface area is 75.3 Å². The van der Waals surface area contributed by atoms with E-state index >= 15 is 0 Å². The Morgan fingerprint density at radius 3 is 2.50 bits per heavy atom. The van der Waals surface area contributed by atoms with Crippen molar-refractivity contribution < 1.29 is 4.79 Å². The highest BCUT2D eigenvalue weighted by molar-refractivity contribution is 5.76. The molecule has 0 aliphatic carbocycles. The maximum Gasteiger partial charge on any atom is 0.226 e. The number of carbonyl (C=O) groups excluding carboxylic acids is 1. The van der Waals surface area contributed by atoms with Crippen LogP contribution in [0.15, 0.2) is 12.8 Å². The van der Waals surface area contributed by atoms with Crippen molar-refractivity contribution in [1.29, 1.82) is 0 Å². The van der Waals surface area contributed by atoms with Gasteiger partial charge < -0.3 is 4.90 Å². The molecule has 0 saturated heterocycles.